The highest BCUT2D eigenvalue weighted by atomic mass is 127. The van der Waals surface area contributed by atoms with Crippen LogP contribution < -0.4 is 0 Å². The molecule has 0 aliphatic carbocycles. The van der Waals surface area contributed by atoms with Gasteiger partial charge >= 0.3 is 6.16 Å². The van der Waals surface area contributed by atoms with E-state index in [0.29, 0.717) is 0 Å². The van der Waals surface area contributed by atoms with Gasteiger partial charge in [0.1, 0.15) is 0 Å². The lowest BCUT2D eigenvalue weighted by Crippen LogP contribution is -2.22. The van der Waals surface area contributed by atoms with Crippen molar-refractivity contribution >= 4 is 73.9 Å². The number of hydrogen-bond acceptors (Lipinski definition) is 3. The molecule has 6 heteroatoms. The van der Waals surface area contributed by atoms with Crippen LogP contribution in [0.4, 0.5) is 4.79 Å². The van der Waals surface area contributed by atoms with Gasteiger partial charge in [-0.3, -0.25) is 0 Å². The zero-order valence-corrected chi connectivity index (χ0v) is 11.5. The van der Waals surface area contributed by atoms with Crippen molar-refractivity contribution in [3.8, 4) is 0 Å². The van der Waals surface area contributed by atoms with Crippen molar-refractivity contribution in [2.45, 2.75) is 1.61 Å². The van der Waals surface area contributed by atoms with Crippen LogP contribution in [0.1, 0.15) is 0 Å². The summed E-state index contributed by atoms with van der Waals surface area (Å²) >= 11 is 6.20. The molecule has 0 amide bonds. The van der Waals surface area contributed by atoms with Crippen LogP contribution in [0.3, 0.4) is 0 Å². The molecule has 0 aromatic heterocycles. The fraction of sp³-hybridized carbons (Fsp3) is 0.750. The second kappa shape index (κ2) is 5.17. The van der Waals surface area contributed by atoms with E-state index in [9.17, 15) is 4.79 Å². The van der Waals surface area contributed by atoms with Crippen molar-refractivity contribution in [2.24, 2.45) is 0 Å². The predicted octanol–water partition coefficient (Wildman–Crippen LogP) is 2.73. The van der Waals surface area contributed by atoms with Gasteiger partial charge in [0.15, 0.2) is 0 Å². The Balaban J connectivity index is 3.76. The maximum atomic E-state index is 10.5. The van der Waals surface area contributed by atoms with Gasteiger partial charge in [-0.1, -0.05) is 22.6 Å². The minimum Gasteiger partial charge on any atom is -0.438 e. The summed E-state index contributed by atoms with van der Waals surface area (Å²) in [5, 5.41) is 0. The average Bonchev–Trinajstić information content (AvgIpc) is 1.87. The molecule has 0 fully saturated rings. The summed E-state index contributed by atoms with van der Waals surface area (Å²) < 4.78 is 9.39. The first-order valence-corrected chi connectivity index (χ1v) is 5.91. The van der Waals surface area contributed by atoms with Gasteiger partial charge in [-0.05, 0) is 45.2 Å². The molecule has 0 atom stereocenters. The normalized spacial score (nSPS) is 10.8. The molecule has 0 aromatic carbocycles. The molecule has 0 radical (unpaired) electrons. The number of ether oxygens (including phenoxy) is 2. The van der Waals surface area contributed by atoms with Crippen LogP contribution in [0, 0.1) is 0 Å². The van der Waals surface area contributed by atoms with Gasteiger partial charge in [-0.2, -0.15) is 0 Å². The van der Waals surface area contributed by atoms with Crippen molar-refractivity contribution in [3.63, 3.8) is 0 Å². The molecule has 0 aromatic rings. The van der Waals surface area contributed by atoms with Gasteiger partial charge in [0, 0.05) is 0 Å². The van der Waals surface area contributed by atoms with E-state index in [-0.39, 0.29) is 0 Å². The van der Waals surface area contributed by atoms with E-state index in [4.69, 9.17) is 4.74 Å². The van der Waals surface area contributed by atoms with E-state index < -0.39 is 7.77 Å². The summed E-state index contributed by atoms with van der Waals surface area (Å²) in [6, 6.07) is 0. The molecule has 3 nitrogen and oxygen atoms in total. The monoisotopic (exact) mass is 482 g/mol. The topological polar surface area (TPSA) is 35.5 Å². The number of halogens is 3. The van der Waals surface area contributed by atoms with E-state index >= 15 is 0 Å². The largest absolute Gasteiger partial charge is 0.510 e. The number of alkyl halides is 3. The summed E-state index contributed by atoms with van der Waals surface area (Å²) in [7, 11) is 1.29. The zero-order valence-electron chi connectivity index (χ0n) is 5.07. The summed E-state index contributed by atoms with van der Waals surface area (Å²) in [5.74, 6) is 0. The van der Waals surface area contributed by atoms with Crippen LogP contribution in [0.25, 0.3) is 0 Å². The molecule has 60 valence electrons. The van der Waals surface area contributed by atoms with Crippen molar-refractivity contribution in [3.05, 3.63) is 0 Å². The lowest BCUT2D eigenvalue weighted by atomic mass is 10.9. The standard InChI is InChI=1S/C4H5I3O3/c1-9-3(8)10-4(6,7)2-5/h2H2,1H3. The van der Waals surface area contributed by atoms with Gasteiger partial charge in [0.05, 0.1) is 11.5 Å². The molecular weight excluding hydrogens is 477 g/mol. The van der Waals surface area contributed by atoms with Crippen molar-refractivity contribution in [1.29, 1.82) is 0 Å². The van der Waals surface area contributed by atoms with E-state index in [1.54, 1.807) is 0 Å². The first kappa shape index (κ1) is 11.5. The average molecular weight is 482 g/mol. The Hall–Kier alpha value is 1.46. The second-order valence-corrected chi connectivity index (χ2v) is 7.64. The fourth-order valence-electron chi connectivity index (χ4n) is 0.191. The Kier molecular flexibility index (Phi) is 5.92. The smallest absolute Gasteiger partial charge is 0.438 e. The zero-order chi connectivity index (χ0) is 8.20. The Morgan fingerprint density at radius 1 is 1.60 bits per heavy atom. The molecule has 10 heavy (non-hydrogen) atoms. The highest BCUT2D eigenvalue weighted by Crippen LogP contribution is 2.31. The first-order valence-electron chi connectivity index (χ1n) is 2.22. The maximum Gasteiger partial charge on any atom is 0.510 e. The van der Waals surface area contributed by atoms with E-state index in [1.165, 1.54) is 7.11 Å². The first-order chi connectivity index (χ1) is 4.52. The minimum absolute atomic E-state index is 0.483. The summed E-state index contributed by atoms with van der Waals surface area (Å²) in [5.41, 5.74) is 0. The fourth-order valence-corrected chi connectivity index (χ4v) is 0.706. The molecule has 0 rings (SSSR count). The Bertz CT molecular complexity index is 125. The van der Waals surface area contributed by atoms with Gasteiger partial charge < -0.3 is 9.47 Å². The lowest BCUT2D eigenvalue weighted by Gasteiger charge is -2.16. The predicted molar refractivity (Wildman–Crippen MR) is 63.1 cm³/mol. The molecule has 0 spiro atoms. The molecule has 0 bridgehead atoms. The number of methoxy groups -OCH3 is 1. The van der Waals surface area contributed by atoms with Crippen LogP contribution >= 0.6 is 67.8 Å². The number of rotatable bonds is 2. The molecule has 0 saturated heterocycles. The number of hydrogen-bond donors (Lipinski definition) is 0. The van der Waals surface area contributed by atoms with E-state index in [2.05, 4.69) is 27.3 Å². The van der Waals surface area contributed by atoms with Crippen LogP contribution in [0.2, 0.25) is 0 Å². The maximum absolute atomic E-state index is 10.5. The Labute approximate surface area is 100 Å². The molecule has 0 saturated carbocycles. The van der Waals surface area contributed by atoms with Gasteiger partial charge in [-0.25, -0.2) is 4.79 Å². The molecule has 0 unspecified atom stereocenters. The third kappa shape index (κ3) is 5.16. The molecule has 0 aliphatic rings. The quantitative estimate of drug-likeness (QED) is 0.346. The molecule has 0 heterocycles. The number of carbonyl (C=O) groups is 1. The minimum atomic E-state index is -0.638. The van der Waals surface area contributed by atoms with Crippen molar-refractivity contribution < 1.29 is 14.3 Å². The summed E-state index contributed by atoms with van der Waals surface area (Å²) in [6.07, 6.45) is -0.638. The lowest BCUT2D eigenvalue weighted by molar-refractivity contribution is 0.0700. The van der Waals surface area contributed by atoms with Gasteiger partial charge in [0.2, 0.25) is 1.61 Å². The van der Waals surface area contributed by atoms with Crippen molar-refractivity contribution in [1.82, 2.24) is 0 Å². The highest BCUT2D eigenvalue weighted by Gasteiger charge is 2.25. The van der Waals surface area contributed by atoms with Gasteiger partial charge in [-0.15, -0.1) is 0 Å². The summed E-state index contributed by atoms with van der Waals surface area (Å²) in [4.78, 5) is 10.5. The Morgan fingerprint density at radius 3 is 2.40 bits per heavy atom. The van der Waals surface area contributed by atoms with E-state index in [0.717, 1.165) is 4.43 Å². The number of carbonyl (C=O) groups excluding carboxylic acids is 1. The van der Waals surface area contributed by atoms with E-state index in [1.807, 2.05) is 45.2 Å². The SMILES string of the molecule is COC(=O)OC(I)(I)CI. The summed E-state index contributed by atoms with van der Waals surface area (Å²) in [6.45, 7) is 0. The van der Waals surface area contributed by atoms with Crippen LogP contribution in [-0.2, 0) is 9.47 Å². The third-order valence-electron chi connectivity index (χ3n) is 0.555. The van der Waals surface area contributed by atoms with Crippen molar-refractivity contribution in [2.75, 3.05) is 11.5 Å². The third-order valence-corrected chi connectivity index (χ3v) is 5.75. The van der Waals surface area contributed by atoms with Crippen LogP contribution in [0.15, 0.2) is 0 Å². The highest BCUT2D eigenvalue weighted by molar-refractivity contribution is 14.2. The second-order valence-electron chi connectivity index (χ2n) is 1.33. The Morgan fingerprint density at radius 2 is 2.10 bits per heavy atom. The molecule has 0 N–H and O–H groups in total. The molecule has 0 aliphatic heterocycles. The van der Waals surface area contributed by atoms with Gasteiger partial charge in [0.25, 0.3) is 0 Å². The van der Waals surface area contributed by atoms with Crippen LogP contribution in [0.5, 0.6) is 0 Å². The molecular formula is C4H5I3O3. The van der Waals surface area contributed by atoms with Crippen LogP contribution in [-0.4, -0.2) is 19.3 Å².